The largest absolute Gasteiger partial charge is 0.689 e. The number of hydrogen-bond acceptors (Lipinski definition) is 6. The molecule has 0 amide bonds. The van der Waals surface area contributed by atoms with Crippen LogP contribution in [0.2, 0.25) is 0 Å². The van der Waals surface area contributed by atoms with Crippen LogP contribution in [0.15, 0.2) is 0 Å². The first-order valence-corrected chi connectivity index (χ1v) is 3.85. The van der Waals surface area contributed by atoms with E-state index in [4.69, 9.17) is 5.26 Å². The monoisotopic (exact) mass is 179 g/mol. The van der Waals surface area contributed by atoms with Crippen molar-refractivity contribution in [3.8, 4) is 0 Å². The highest BCUT2D eigenvalue weighted by Crippen LogP contribution is 2.28. The summed E-state index contributed by atoms with van der Waals surface area (Å²) in [4.78, 5) is 4.48. The normalized spacial score (nSPS) is 17.8. The highest BCUT2D eigenvalue weighted by atomic mass is 17.8. The molecule has 0 heterocycles. The minimum Gasteiger partial charge on any atom is -0.689 e. The summed E-state index contributed by atoms with van der Waals surface area (Å²) in [5, 5.41) is 23.0. The lowest BCUT2D eigenvalue weighted by Gasteiger charge is -2.24. The Hall–Kier alpha value is -0.240. The summed E-state index contributed by atoms with van der Waals surface area (Å²) in [5.41, 5.74) is 0. The van der Waals surface area contributed by atoms with Crippen molar-refractivity contribution in [2.75, 3.05) is 6.61 Å². The third kappa shape index (κ3) is 3.96. The van der Waals surface area contributed by atoms with Gasteiger partial charge in [-0.2, -0.15) is 0 Å². The van der Waals surface area contributed by atoms with Gasteiger partial charge in [-0.3, -0.25) is 5.04 Å². The Kier molecular flexibility index (Phi) is 5.16. The predicted molar refractivity (Wildman–Crippen MR) is 32.2 cm³/mol. The van der Waals surface area contributed by atoms with E-state index in [-0.39, 0.29) is 0 Å². The molecular weight excluding hydrogens is 168 g/mol. The van der Waals surface area contributed by atoms with Crippen LogP contribution in [0.4, 0.5) is 0 Å². The van der Waals surface area contributed by atoms with Gasteiger partial charge in [0.2, 0.25) is 0 Å². The van der Waals surface area contributed by atoms with Crippen LogP contribution in [0.3, 0.4) is 0 Å². The summed E-state index contributed by atoms with van der Waals surface area (Å²) in [6.07, 6.45) is 4.74. The van der Waals surface area contributed by atoms with Gasteiger partial charge < -0.3 is 5.26 Å². The maximum atomic E-state index is 9.14. The van der Waals surface area contributed by atoms with E-state index in [1.807, 2.05) is 0 Å². The van der Waals surface area contributed by atoms with E-state index in [0.717, 1.165) is 12.3 Å². The molecule has 0 atom stereocenters. The minimum absolute atomic E-state index is 0.423. The van der Waals surface area contributed by atoms with Crippen molar-refractivity contribution in [1.29, 1.82) is 0 Å². The van der Waals surface area contributed by atoms with Crippen molar-refractivity contribution in [1.82, 2.24) is 0 Å². The van der Waals surface area contributed by atoms with Crippen molar-refractivity contribution in [2.24, 2.45) is 5.92 Å². The predicted octanol–water partition coefficient (Wildman–Crippen LogP) is 0.195. The molecule has 0 radical (unpaired) electrons. The van der Waals surface area contributed by atoms with Crippen molar-refractivity contribution >= 4 is 0 Å². The van der Waals surface area contributed by atoms with E-state index in [1.165, 1.54) is 19.3 Å². The molecule has 1 rings (SSSR count). The molecule has 0 aromatic rings. The van der Waals surface area contributed by atoms with Gasteiger partial charge in [-0.1, -0.05) is 19.3 Å². The second-order valence-corrected chi connectivity index (χ2v) is 2.68. The molecule has 1 fully saturated rings. The van der Waals surface area contributed by atoms with Gasteiger partial charge in [-0.25, -0.2) is 4.89 Å². The Morgan fingerprint density at radius 3 is 2.58 bits per heavy atom. The van der Waals surface area contributed by atoms with Crippen molar-refractivity contribution in [3.63, 3.8) is 0 Å². The average molecular weight is 179 g/mol. The summed E-state index contributed by atoms with van der Waals surface area (Å²) in [6, 6.07) is 0. The molecule has 0 aromatic carbocycles. The zero-order valence-electron chi connectivity index (χ0n) is 6.56. The van der Waals surface area contributed by atoms with Crippen LogP contribution in [0.1, 0.15) is 25.7 Å². The van der Waals surface area contributed by atoms with Gasteiger partial charge in [0, 0.05) is 0 Å². The molecule has 12 heavy (non-hydrogen) atoms. The van der Waals surface area contributed by atoms with E-state index in [1.54, 1.807) is 0 Å². The first-order valence-electron chi connectivity index (χ1n) is 3.85. The van der Waals surface area contributed by atoms with E-state index in [2.05, 4.69) is 25.0 Å². The van der Waals surface area contributed by atoms with Gasteiger partial charge in [-0.15, -0.1) is 0 Å². The third-order valence-electron chi connectivity index (χ3n) is 1.97. The van der Waals surface area contributed by atoms with Crippen LogP contribution in [0.25, 0.3) is 0 Å². The lowest BCUT2D eigenvalue weighted by molar-refractivity contribution is -0.889. The van der Waals surface area contributed by atoms with E-state index in [9.17, 15) is 0 Å². The molecule has 0 bridgehead atoms. The average Bonchev–Trinajstić information content (AvgIpc) is 2.00. The molecule has 1 saturated carbocycles. The summed E-state index contributed by atoms with van der Waals surface area (Å²) in [5.74, 6) is 0.741. The van der Waals surface area contributed by atoms with Gasteiger partial charge in [0.1, 0.15) is 0 Å². The molecule has 0 aromatic heterocycles. The van der Waals surface area contributed by atoms with E-state index < -0.39 is 0 Å². The lowest BCUT2D eigenvalue weighted by Crippen LogP contribution is -2.14. The van der Waals surface area contributed by atoms with Crippen molar-refractivity contribution < 1.29 is 30.3 Å². The van der Waals surface area contributed by atoms with E-state index in [0.29, 0.717) is 6.61 Å². The molecule has 0 saturated heterocycles. The third-order valence-corrected chi connectivity index (χ3v) is 1.97. The topological polar surface area (TPSA) is 69.2 Å². The number of rotatable bonds is 7. The second kappa shape index (κ2) is 6.30. The van der Waals surface area contributed by atoms with Crippen molar-refractivity contribution in [3.05, 3.63) is 0 Å². The fourth-order valence-electron chi connectivity index (χ4n) is 1.07. The molecule has 0 N–H and O–H groups in total. The van der Waals surface area contributed by atoms with Crippen LogP contribution < -0.4 is 5.26 Å². The first-order chi connectivity index (χ1) is 5.93. The van der Waals surface area contributed by atoms with Crippen LogP contribution in [-0.4, -0.2) is 6.61 Å². The van der Waals surface area contributed by atoms with Crippen molar-refractivity contribution in [2.45, 2.75) is 25.7 Å². The Bertz CT molecular complexity index is 104. The maximum absolute atomic E-state index is 9.14. The van der Waals surface area contributed by atoms with Gasteiger partial charge in [0.05, 0.1) is 6.61 Å². The van der Waals surface area contributed by atoms with Gasteiger partial charge in [0.25, 0.3) is 0 Å². The molecule has 6 nitrogen and oxygen atoms in total. The first kappa shape index (κ1) is 9.85. The van der Waals surface area contributed by atoms with Crippen LogP contribution in [-0.2, 0) is 25.0 Å². The fraction of sp³-hybridized carbons (Fsp3) is 1.00. The quantitative estimate of drug-likeness (QED) is 0.316. The summed E-state index contributed by atoms with van der Waals surface area (Å²) in [7, 11) is 0. The summed E-state index contributed by atoms with van der Waals surface area (Å²) >= 11 is 0. The Morgan fingerprint density at radius 1 is 1.17 bits per heavy atom. The smallest absolute Gasteiger partial charge is 0.0857 e. The van der Waals surface area contributed by atoms with Gasteiger partial charge >= 0.3 is 0 Å². The molecule has 0 unspecified atom stereocenters. The highest BCUT2D eigenvalue weighted by Gasteiger charge is 2.16. The molecule has 1 aliphatic carbocycles. The maximum Gasteiger partial charge on any atom is 0.0857 e. The standard InChI is InChI=1S/C6H12O6/c7-9-11-12-10-8-5-4-6-2-1-3-6/h6-7H,1-5H2/p-1. The Morgan fingerprint density at radius 2 is 2.00 bits per heavy atom. The molecular formula is C6H11O6-. The zero-order valence-corrected chi connectivity index (χ0v) is 6.56. The molecule has 1 aliphatic rings. The molecule has 0 spiro atoms. The lowest BCUT2D eigenvalue weighted by atomic mass is 9.83. The highest BCUT2D eigenvalue weighted by molar-refractivity contribution is 4.68. The second-order valence-electron chi connectivity index (χ2n) is 2.68. The summed E-state index contributed by atoms with van der Waals surface area (Å²) < 4.78 is 0. The Labute approximate surface area is 69.6 Å². The zero-order chi connectivity index (χ0) is 8.65. The van der Waals surface area contributed by atoms with Crippen LogP contribution >= 0.6 is 0 Å². The molecule has 6 heteroatoms. The minimum atomic E-state index is 0.423. The Balaban J connectivity index is 1.70. The molecule has 0 aliphatic heterocycles. The van der Waals surface area contributed by atoms with Gasteiger partial charge in [0.15, 0.2) is 0 Å². The number of hydrogen-bond donors (Lipinski definition) is 0. The fourth-order valence-corrected chi connectivity index (χ4v) is 1.07. The van der Waals surface area contributed by atoms with Crippen LogP contribution in [0, 0.1) is 5.92 Å². The van der Waals surface area contributed by atoms with Gasteiger partial charge in [-0.05, 0) is 27.5 Å². The van der Waals surface area contributed by atoms with Crippen LogP contribution in [0.5, 0.6) is 0 Å². The SMILES string of the molecule is [O-]OOOOOCCC1CCC1. The van der Waals surface area contributed by atoms with E-state index >= 15 is 0 Å². The summed E-state index contributed by atoms with van der Waals surface area (Å²) in [6.45, 7) is 0.423. The molecule has 72 valence electrons.